The highest BCUT2D eigenvalue weighted by Crippen LogP contribution is 2.37. The van der Waals surface area contributed by atoms with Crippen LogP contribution >= 0.6 is 11.8 Å². The van der Waals surface area contributed by atoms with Crippen molar-refractivity contribution in [2.75, 3.05) is 0 Å². The monoisotopic (exact) mass is 278 g/mol. The van der Waals surface area contributed by atoms with Crippen molar-refractivity contribution in [3.63, 3.8) is 0 Å². The Kier molecular flexibility index (Phi) is 1.91. The van der Waals surface area contributed by atoms with E-state index in [4.69, 9.17) is 0 Å². The second-order valence-electron chi connectivity index (χ2n) is 4.86. The molecule has 96 valence electrons. The molecule has 0 amide bonds. The van der Waals surface area contributed by atoms with Gasteiger partial charge in [-0.2, -0.15) is 4.63 Å². The Balaban J connectivity index is 1.99. The standard InChI is InChI=1S/C15H10N4S/c1-3-7-12-10(5-1)15-14-11-6-2-4-8-13(11)20-9-18(14)17-19(15)16-12/h1-8H,9H2. The first-order chi connectivity index (χ1) is 9.92. The Hall–Kier alpha value is -2.27. The van der Waals surface area contributed by atoms with Gasteiger partial charge in [0.15, 0.2) is 11.2 Å². The Labute approximate surface area is 119 Å². The number of hydrogen-bond donors (Lipinski definition) is 0. The molecule has 0 aliphatic carbocycles. The zero-order chi connectivity index (χ0) is 13.1. The maximum atomic E-state index is 4.59. The van der Waals surface area contributed by atoms with Crippen molar-refractivity contribution in [3.8, 4) is 11.3 Å². The van der Waals surface area contributed by atoms with Crippen LogP contribution in [0.1, 0.15) is 0 Å². The summed E-state index contributed by atoms with van der Waals surface area (Å²) < 4.78 is 3.81. The summed E-state index contributed by atoms with van der Waals surface area (Å²) in [6, 6.07) is 16.7. The molecule has 2 aromatic heterocycles. The average molecular weight is 278 g/mol. The highest BCUT2D eigenvalue weighted by molar-refractivity contribution is 7.98. The molecule has 0 saturated carbocycles. The van der Waals surface area contributed by atoms with E-state index in [1.807, 2.05) is 28.6 Å². The quantitative estimate of drug-likeness (QED) is 0.463. The fourth-order valence-electron chi connectivity index (χ4n) is 2.85. The van der Waals surface area contributed by atoms with Crippen molar-refractivity contribution in [3.05, 3.63) is 48.5 Å². The lowest BCUT2D eigenvalue weighted by Gasteiger charge is -2.13. The molecule has 0 radical (unpaired) electrons. The van der Waals surface area contributed by atoms with E-state index < -0.39 is 0 Å². The second-order valence-corrected chi connectivity index (χ2v) is 5.85. The summed E-state index contributed by atoms with van der Waals surface area (Å²) >= 11 is 1.81. The van der Waals surface area contributed by atoms with E-state index in [1.54, 1.807) is 4.63 Å². The van der Waals surface area contributed by atoms with Gasteiger partial charge in [0.1, 0.15) is 5.88 Å². The van der Waals surface area contributed by atoms with E-state index in [9.17, 15) is 0 Å². The molecule has 3 heterocycles. The first kappa shape index (κ1) is 10.5. The van der Waals surface area contributed by atoms with Gasteiger partial charge in [-0.25, -0.2) is 4.68 Å². The van der Waals surface area contributed by atoms with Crippen molar-refractivity contribution in [2.45, 2.75) is 10.8 Å². The van der Waals surface area contributed by atoms with Crippen LogP contribution in [0, 0.1) is 0 Å². The average Bonchev–Trinajstić information content (AvgIpc) is 3.02. The van der Waals surface area contributed by atoms with Gasteiger partial charge in [-0.1, -0.05) is 48.2 Å². The molecule has 0 atom stereocenters. The third-order valence-electron chi connectivity index (χ3n) is 3.72. The predicted octanol–water partition coefficient (Wildman–Crippen LogP) is 2.46. The molecular formula is C15H10N4S. The van der Waals surface area contributed by atoms with Crippen LogP contribution in [-0.4, -0.2) is 9.73 Å². The van der Waals surface area contributed by atoms with Crippen LogP contribution in [0.25, 0.3) is 27.7 Å². The Morgan fingerprint density at radius 2 is 1.95 bits per heavy atom. The number of nitrogens with zero attached hydrogens (tertiary/aromatic N) is 4. The van der Waals surface area contributed by atoms with Gasteiger partial charge < -0.3 is 0 Å². The molecule has 0 unspecified atom stereocenters. The maximum absolute atomic E-state index is 4.59. The van der Waals surface area contributed by atoms with Gasteiger partial charge in [-0.05, 0) is 12.1 Å². The van der Waals surface area contributed by atoms with Crippen LogP contribution in [0.4, 0.5) is 0 Å². The molecule has 4 nitrogen and oxygen atoms in total. The van der Waals surface area contributed by atoms with Crippen molar-refractivity contribution in [1.29, 1.82) is 0 Å². The third kappa shape index (κ3) is 1.23. The molecule has 20 heavy (non-hydrogen) atoms. The van der Waals surface area contributed by atoms with E-state index in [1.165, 1.54) is 16.2 Å². The van der Waals surface area contributed by atoms with Crippen molar-refractivity contribution < 1.29 is 4.68 Å². The Morgan fingerprint density at radius 1 is 1.10 bits per heavy atom. The number of fused-ring (bicyclic) bond motifs is 7. The van der Waals surface area contributed by atoms with Gasteiger partial charge in [0.25, 0.3) is 0 Å². The van der Waals surface area contributed by atoms with Crippen LogP contribution in [0.5, 0.6) is 0 Å². The predicted molar refractivity (Wildman–Crippen MR) is 77.5 cm³/mol. The molecule has 1 aliphatic heterocycles. The highest BCUT2D eigenvalue weighted by Gasteiger charge is 2.26. The summed E-state index contributed by atoms with van der Waals surface area (Å²) in [5.41, 5.74) is 4.52. The van der Waals surface area contributed by atoms with Gasteiger partial charge in [0.05, 0.1) is 0 Å². The lowest BCUT2D eigenvalue weighted by Crippen LogP contribution is -2.40. The number of benzene rings is 2. The molecule has 0 saturated heterocycles. The van der Waals surface area contributed by atoms with Crippen LogP contribution in [0.2, 0.25) is 0 Å². The molecule has 0 spiro atoms. The van der Waals surface area contributed by atoms with Crippen LogP contribution in [0.15, 0.2) is 53.4 Å². The Bertz CT molecular complexity index is 966. The summed E-state index contributed by atoms with van der Waals surface area (Å²) in [5, 5.41) is 10.3. The Morgan fingerprint density at radius 3 is 2.95 bits per heavy atom. The minimum atomic E-state index is 0.837. The fourth-order valence-corrected chi connectivity index (χ4v) is 3.79. The van der Waals surface area contributed by atoms with Gasteiger partial charge in [0, 0.05) is 21.4 Å². The molecule has 5 heteroatoms. The van der Waals surface area contributed by atoms with Crippen LogP contribution < -0.4 is 9.90 Å². The number of aromatic nitrogens is 4. The zero-order valence-corrected chi connectivity index (χ0v) is 11.3. The summed E-state index contributed by atoms with van der Waals surface area (Å²) in [4.78, 5) is 1.31. The molecule has 0 N–H and O–H groups in total. The van der Waals surface area contributed by atoms with Crippen LogP contribution in [0.3, 0.4) is 0 Å². The first-order valence-corrected chi connectivity index (χ1v) is 7.47. The molecule has 1 aliphatic rings. The SMILES string of the molecule is c1ccc2c(c1)SC[n+]1[n-]n3nc4ccccc4c3c1-2. The third-order valence-corrected chi connectivity index (χ3v) is 4.76. The summed E-state index contributed by atoms with van der Waals surface area (Å²) in [6.45, 7) is 0. The molecule has 0 fully saturated rings. The number of rotatable bonds is 0. The van der Waals surface area contributed by atoms with Gasteiger partial charge in [-0.15, -0.1) is 5.21 Å². The maximum Gasteiger partial charge on any atom is 0.193 e. The van der Waals surface area contributed by atoms with E-state index in [0.29, 0.717) is 0 Å². The number of thioether (sulfide) groups is 1. The molecular weight excluding hydrogens is 268 g/mol. The van der Waals surface area contributed by atoms with E-state index in [2.05, 4.69) is 46.7 Å². The summed E-state index contributed by atoms with van der Waals surface area (Å²) in [6.07, 6.45) is 0. The summed E-state index contributed by atoms with van der Waals surface area (Å²) in [7, 11) is 0. The lowest BCUT2D eigenvalue weighted by atomic mass is 10.1. The zero-order valence-electron chi connectivity index (χ0n) is 10.5. The van der Waals surface area contributed by atoms with Crippen molar-refractivity contribution in [1.82, 2.24) is 14.9 Å². The topological polar surface area (TPSA) is 35.3 Å². The van der Waals surface area contributed by atoms with Gasteiger partial charge >= 0.3 is 0 Å². The molecule has 4 aromatic rings. The van der Waals surface area contributed by atoms with Crippen molar-refractivity contribution in [2.24, 2.45) is 0 Å². The minimum absolute atomic E-state index is 0.837. The van der Waals surface area contributed by atoms with Crippen molar-refractivity contribution >= 4 is 28.2 Å². The molecule has 0 bridgehead atoms. The van der Waals surface area contributed by atoms with Gasteiger partial charge in [-0.3, -0.25) is 5.10 Å². The first-order valence-electron chi connectivity index (χ1n) is 6.48. The smallest absolute Gasteiger partial charge is 0.193 e. The van der Waals surface area contributed by atoms with E-state index in [0.717, 1.165) is 22.3 Å². The number of hydrogen-bond acceptors (Lipinski definition) is 2. The summed E-state index contributed by atoms with van der Waals surface area (Å²) in [5.74, 6) is 0.837. The molecule has 5 rings (SSSR count). The fraction of sp³-hybridized carbons (Fsp3) is 0.0667. The normalized spacial score (nSPS) is 13.6. The van der Waals surface area contributed by atoms with E-state index in [-0.39, 0.29) is 0 Å². The second kappa shape index (κ2) is 3.64. The largest absolute Gasteiger partial charge is 0.271 e. The van der Waals surface area contributed by atoms with E-state index >= 15 is 0 Å². The molecule has 2 aromatic carbocycles. The highest BCUT2D eigenvalue weighted by atomic mass is 32.2. The van der Waals surface area contributed by atoms with Crippen LogP contribution in [-0.2, 0) is 5.88 Å². The minimum Gasteiger partial charge on any atom is -0.271 e. The van der Waals surface area contributed by atoms with Gasteiger partial charge in [0.2, 0.25) is 0 Å². The lowest BCUT2D eigenvalue weighted by molar-refractivity contribution is -0.731.